The molecule has 3 aromatic carbocycles. The highest BCUT2D eigenvalue weighted by molar-refractivity contribution is 5.99. The second kappa shape index (κ2) is 12.2. The van der Waals surface area contributed by atoms with Gasteiger partial charge < -0.3 is 14.4 Å². The number of benzene rings is 3. The normalized spacial score (nSPS) is 10.7. The Kier molecular flexibility index (Phi) is 8.55. The number of aryl methyl sites for hydroxylation is 2. The van der Waals surface area contributed by atoms with Crippen molar-refractivity contribution in [3.8, 4) is 22.7 Å². The summed E-state index contributed by atoms with van der Waals surface area (Å²) in [7, 11) is 3.10. The quantitative estimate of drug-likeness (QED) is 0.327. The van der Waals surface area contributed by atoms with Crippen LogP contribution in [0.15, 0.2) is 79.0 Å². The Bertz CT molecular complexity index is 1390. The number of nitrogens with zero attached hydrogens (tertiary/aromatic N) is 3. The van der Waals surface area contributed by atoms with Gasteiger partial charge in [0.2, 0.25) is 11.9 Å². The molecule has 0 saturated heterocycles. The Morgan fingerprint density at radius 3 is 2.29 bits per heavy atom. The summed E-state index contributed by atoms with van der Waals surface area (Å²) in [6.45, 7) is 4.42. The molecule has 0 saturated carbocycles. The van der Waals surface area contributed by atoms with E-state index in [0.717, 1.165) is 28.1 Å². The first-order valence-electron chi connectivity index (χ1n) is 12.3. The third-order valence-corrected chi connectivity index (χ3v) is 6.12. The van der Waals surface area contributed by atoms with Crippen molar-refractivity contribution in [3.63, 3.8) is 0 Å². The first kappa shape index (κ1) is 26.6. The van der Waals surface area contributed by atoms with E-state index >= 15 is 0 Å². The van der Waals surface area contributed by atoms with E-state index in [2.05, 4.69) is 5.32 Å². The van der Waals surface area contributed by atoms with Gasteiger partial charge >= 0.3 is 0 Å². The molecule has 2 amide bonds. The van der Waals surface area contributed by atoms with Crippen molar-refractivity contribution in [1.82, 2.24) is 14.5 Å². The third-order valence-electron chi connectivity index (χ3n) is 6.12. The van der Waals surface area contributed by atoms with Crippen LogP contribution in [0.25, 0.3) is 16.9 Å². The fraction of sp³-hybridized carbons (Fsp3) is 0.233. The van der Waals surface area contributed by atoms with E-state index in [0.29, 0.717) is 23.9 Å². The third kappa shape index (κ3) is 6.46. The molecule has 38 heavy (non-hydrogen) atoms. The standard InChI is InChI=1S/C30H32N4O4/c1-21-8-12-23(13-9-21)27-19-34(25-14-10-22(2)11-15-25)30(31-27)32-28(35)20-33(16-17-37-3)29(36)24-6-5-7-26(18-24)38-4/h5-15,18-19H,16-17,20H2,1-4H3,(H,31,32,35). The summed E-state index contributed by atoms with van der Waals surface area (Å²) >= 11 is 0. The van der Waals surface area contributed by atoms with Crippen LogP contribution in [0.4, 0.5) is 5.95 Å². The summed E-state index contributed by atoms with van der Waals surface area (Å²) in [5.74, 6) is 0.274. The van der Waals surface area contributed by atoms with E-state index in [1.54, 1.807) is 38.5 Å². The fourth-order valence-electron chi connectivity index (χ4n) is 3.96. The van der Waals surface area contributed by atoms with Gasteiger partial charge in [-0.3, -0.25) is 19.5 Å². The van der Waals surface area contributed by atoms with Crippen LogP contribution >= 0.6 is 0 Å². The molecule has 4 rings (SSSR count). The van der Waals surface area contributed by atoms with Crippen molar-refractivity contribution >= 4 is 17.8 Å². The van der Waals surface area contributed by atoms with Gasteiger partial charge in [0, 0.05) is 36.7 Å². The molecule has 8 nitrogen and oxygen atoms in total. The van der Waals surface area contributed by atoms with Gasteiger partial charge in [-0.1, -0.05) is 53.6 Å². The Labute approximate surface area is 222 Å². The molecule has 4 aromatic rings. The number of nitrogens with one attached hydrogen (secondary N) is 1. The van der Waals surface area contributed by atoms with Crippen molar-refractivity contribution in [1.29, 1.82) is 0 Å². The van der Waals surface area contributed by atoms with Crippen LogP contribution in [0.1, 0.15) is 21.5 Å². The number of imidazole rings is 1. The molecule has 0 aliphatic heterocycles. The number of carbonyl (C=O) groups excluding carboxylic acids is 2. The lowest BCUT2D eigenvalue weighted by atomic mass is 10.1. The minimum atomic E-state index is -0.369. The molecule has 0 radical (unpaired) electrons. The van der Waals surface area contributed by atoms with Gasteiger partial charge in [-0.05, 0) is 44.2 Å². The number of amides is 2. The van der Waals surface area contributed by atoms with Gasteiger partial charge in [0.05, 0.1) is 19.4 Å². The summed E-state index contributed by atoms with van der Waals surface area (Å²) in [6, 6.07) is 22.9. The lowest BCUT2D eigenvalue weighted by Crippen LogP contribution is -2.40. The number of aromatic nitrogens is 2. The Hall–Kier alpha value is -4.43. The zero-order valence-electron chi connectivity index (χ0n) is 22.1. The molecule has 0 atom stereocenters. The summed E-state index contributed by atoms with van der Waals surface area (Å²) in [5, 5.41) is 2.91. The lowest BCUT2D eigenvalue weighted by Gasteiger charge is -2.22. The molecular weight excluding hydrogens is 480 g/mol. The highest BCUT2D eigenvalue weighted by Crippen LogP contribution is 2.25. The second-order valence-electron chi connectivity index (χ2n) is 9.02. The molecule has 0 unspecified atom stereocenters. The zero-order chi connectivity index (χ0) is 27.1. The van der Waals surface area contributed by atoms with Crippen molar-refractivity contribution in [2.45, 2.75) is 13.8 Å². The number of anilines is 1. The van der Waals surface area contributed by atoms with Crippen LogP contribution in [0.5, 0.6) is 5.75 Å². The summed E-state index contributed by atoms with van der Waals surface area (Å²) in [6.07, 6.45) is 1.90. The largest absolute Gasteiger partial charge is 0.497 e. The lowest BCUT2D eigenvalue weighted by molar-refractivity contribution is -0.117. The molecule has 1 heterocycles. The Morgan fingerprint density at radius 1 is 0.947 bits per heavy atom. The smallest absolute Gasteiger partial charge is 0.254 e. The Morgan fingerprint density at radius 2 is 1.63 bits per heavy atom. The average molecular weight is 513 g/mol. The van der Waals surface area contributed by atoms with Gasteiger partial charge in [0.15, 0.2) is 0 Å². The Balaban J connectivity index is 1.60. The van der Waals surface area contributed by atoms with Crippen molar-refractivity contribution in [3.05, 3.63) is 95.7 Å². The molecule has 8 heteroatoms. The van der Waals surface area contributed by atoms with Crippen LogP contribution in [0.2, 0.25) is 0 Å². The zero-order valence-corrected chi connectivity index (χ0v) is 22.1. The van der Waals surface area contributed by atoms with Crippen molar-refractivity contribution < 1.29 is 19.1 Å². The number of rotatable bonds is 10. The van der Waals surface area contributed by atoms with Gasteiger partial charge in [0.1, 0.15) is 12.3 Å². The molecule has 1 aromatic heterocycles. The van der Waals surface area contributed by atoms with Crippen LogP contribution in [0.3, 0.4) is 0 Å². The molecule has 1 N–H and O–H groups in total. The average Bonchev–Trinajstić information content (AvgIpc) is 3.34. The number of ether oxygens (including phenoxy) is 2. The van der Waals surface area contributed by atoms with E-state index in [4.69, 9.17) is 14.5 Å². The summed E-state index contributed by atoms with van der Waals surface area (Å²) < 4.78 is 12.3. The summed E-state index contributed by atoms with van der Waals surface area (Å²) in [4.78, 5) is 32.7. The van der Waals surface area contributed by atoms with Crippen LogP contribution in [-0.2, 0) is 9.53 Å². The monoisotopic (exact) mass is 512 g/mol. The fourth-order valence-corrected chi connectivity index (χ4v) is 3.96. The van der Waals surface area contributed by atoms with Gasteiger partial charge in [-0.15, -0.1) is 0 Å². The van der Waals surface area contributed by atoms with Gasteiger partial charge in [-0.25, -0.2) is 4.98 Å². The number of hydrogen-bond acceptors (Lipinski definition) is 5. The second-order valence-corrected chi connectivity index (χ2v) is 9.02. The predicted octanol–water partition coefficient (Wildman–Crippen LogP) is 4.89. The van der Waals surface area contributed by atoms with E-state index in [1.165, 1.54) is 4.90 Å². The van der Waals surface area contributed by atoms with Gasteiger partial charge in [-0.2, -0.15) is 0 Å². The molecular formula is C30H32N4O4. The van der Waals surface area contributed by atoms with Crippen LogP contribution in [-0.4, -0.2) is 60.2 Å². The highest BCUT2D eigenvalue weighted by Gasteiger charge is 2.21. The maximum atomic E-state index is 13.3. The minimum Gasteiger partial charge on any atom is -0.497 e. The first-order valence-corrected chi connectivity index (χ1v) is 12.3. The van der Waals surface area contributed by atoms with E-state index in [-0.39, 0.29) is 24.9 Å². The number of hydrogen-bond donors (Lipinski definition) is 1. The van der Waals surface area contributed by atoms with Gasteiger partial charge in [0.25, 0.3) is 5.91 Å². The number of carbonyl (C=O) groups is 2. The molecule has 0 spiro atoms. The number of methoxy groups -OCH3 is 2. The van der Waals surface area contributed by atoms with E-state index in [9.17, 15) is 9.59 Å². The van der Waals surface area contributed by atoms with E-state index in [1.807, 2.05) is 73.1 Å². The maximum absolute atomic E-state index is 13.3. The predicted molar refractivity (Wildman–Crippen MR) is 148 cm³/mol. The molecule has 0 aliphatic carbocycles. The maximum Gasteiger partial charge on any atom is 0.254 e. The minimum absolute atomic E-state index is 0.167. The van der Waals surface area contributed by atoms with Crippen molar-refractivity contribution in [2.24, 2.45) is 0 Å². The summed E-state index contributed by atoms with van der Waals surface area (Å²) in [5.41, 5.74) is 5.23. The van der Waals surface area contributed by atoms with Crippen molar-refractivity contribution in [2.75, 3.05) is 39.2 Å². The first-order chi connectivity index (χ1) is 18.4. The molecule has 196 valence electrons. The molecule has 0 aliphatic rings. The van der Waals surface area contributed by atoms with Crippen LogP contribution in [0, 0.1) is 13.8 Å². The molecule has 0 fully saturated rings. The highest BCUT2D eigenvalue weighted by atomic mass is 16.5. The van der Waals surface area contributed by atoms with Crippen LogP contribution < -0.4 is 10.1 Å². The molecule has 0 bridgehead atoms. The van der Waals surface area contributed by atoms with E-state index < -0.39 is 0 Å². The SMILES string of the molecule is COCCN(CC(=O)Nc1nc(-c2ccc(C)cc2)cn1-c1ccc(C)cc1)C(=O)c1cccc(OC)c1. The topological polar surface area (TPSA) is 85.7 Å².